The zero-order valence-electron chi connectivity index (χ0n) is 17.6. The van der Waals surface area contributed by atoms with Gasteiger partial charge in [-0.25, -0.2) is 9.78 Å². The van der Waals surface area contributed by atoms with Gasteiger partial charge in [-0.15, -0.1) is 0 Å². The molecule has 1 aliphatic rings. The molecule has 167 valence electrons. The van der Waals surface area contributed by atoms with Crippen molar-refractivity contribution in [3.8, 4) is 0 Å². The van der Waals surface area contributed by atoms with E-state index < -0.39 is 11.9 Å². The number of anilines is 3. The normalized spacial score (nSPS) is 13.7. The van der Waals surface area contributed by atoms with E-state index in [-0.39, 0.29) is 30.6 Å². The maximum Gasteiger partial charge on any atom is 0.335 e. The lowest BCUT2D eigenvalue weighted by molar-refractivity contribution is -0.144. The molecule has 1 amide bonds. The summed E-state index contributed by atoms with van der Waals surface area (Å²) in [5, 5.41) is 6.34. The van der Waals surface area contributed by atoms with Gasteiger partial charge in [-0.1, -0.05) is 0 Å². The van der Waals surface area contributed by atoms with Gasteiger partial charge in [0.25, 0.3) is 0 Å². The predicted octanol–water partition coefficient (Wildman–Crippen LogP) is 0.894. The number of carbonyl (C=O) groups excluding carboxylic acids is 2. The second-order valence-corrected chi connectivity index (χ2v) is 6.97. The highest BCUT2D eigenvalue weighted by molar-refractivity contribution is 5.95. The largest absolute Gasteiger partial charge is 0.383 e. The molecule has 5 radical (unpaired) electrons. The first-order valence-electron chi connectivity index (χ1n) is 9.97. The van der Waals surface area contributed by atoms with Crippen molar-refractivity contribution < 1.29 is 14.4 Å². The number of hydrogen-bond acceptors (Lipinski definition) is 8. The molecule has 1 aromatic heterocycles. The molecule has 0 aliphatic heterocycles. The van der Waals surface area contributed by atoms with E-state index in [9.17, 15) is 9.59 Å². The van der Waals surface area contributed by atoms with E-state index in [0.29, 0.717) is 10.9 Å². The van der Waals surface area contributed by atoms with E-state index in [2.05, 4.69) is 49.9 Å². The molecular formula is C21H25N8O3. The van der Waals surface area contributed by atoms with Crippen molar-refractivity contribution in [2.24, 2.45) is 16.6 Å². The van der Waals surface area contributed by atoms with Crippen LogP contribution in [0.4, 0.5) is 17.5 Å². The number of oxime groups is 1. The highest BCUT2D eigenvalue weighted by Gasteiger charge is 2.20. The topological polar surface area (TPSA) is 175 Å². The lowest BCUT2D eigenvalue weighted by atomic mass is 10.1. The second kappa shape index (κ2) is 10.6. The number of benzene rings is 1. The van der Waals surface area contributed by atoms with Crippen LogP contribution in [0.3, 0.4) is 0 Å². The molecule has 32 heavy (non-hydrogen) atoms. The molecular weight excluding hydrogens is 412 g/mol. The van der Waals surface area contributed by atoms with Gasteiger partial charge in [0, 0.05) is 36.5 Å². The Hall–Kier alpha value is -3.63. The van der Waals surface area contributed by atoms with Crippen LogP contribution >= 0.6 is 0 Å². The number of fused-ring (bicyclic) bond motifs is 1. The summed E-state index contributed by atoms with van der Waals surface area (Å²) in [6.45, 7) is 3.67. The van der Waals surface area contributed by atoms with Crippen LogP contribution in [-0.2, 0) is 14.4 Å². The standard InChI is InChI=1S/C21H25N8O3/c1-2-29(12-13-5-3-4-6-13)14-7-8-16-15(11-14)19(22)27-21(25-16)26-17(30)9-10-18(31)32-28-20(23)24/h3-8,11H,2,9-10,12H2,1H3,(H4,23,24,28)(H3,22,25,26,27,30). The number of nitrogens with one attached hydrogen (secondary N) is 1. The van der Waals surface area contributed by atoms with Crippen molar-refractivity contribution in [3.05, 3.63) is 49.8 Å². The molecule has 0 unspecified atom stereocenters. The minimum atomic E-state index is -0.748. The molecule has 1 aromatic carbocycles. The Morgan fingerprint density at radius 2 is 1.91 bits per heavy atom. The van der Waals surface area contributed by atoms with Gasteiger partial charge < -0.3 is 26.9 Å². The smallest absolute Gasteiger partial charge is 0.335 e. The molecule has 11 nitrogen and oxygen atoms in total. The molecule has 3 rings (SSSR count). The third-order valence-corrected chi connectivity index (χ3v) is 4.62. The number of hydrogen-bond donors (Lipinski definition) is 4. The lowest BCUT2D eigenvalue weighted by Gasteiger charge is -2.26. The maximum absolute atomic E-state index is 12.1. The van der Waals surface area contributed by atoms with E-state index in [0.717, 1.165) is 18.8 Å². The highest BCUT2D eigenvalue weighted by Crippen LogP contribution is 2.29. The summed E-state index contributed by atoms with van der Waals surface area (Å²) in [4.78, 5) is 38.7. The number of carbonyl (C=O) groups is 2. The number of nitrogens with zero attached hydrogens (tertiary/aromatic N) is 4. The Morgan fingerprint density at radius 1 is 1.16 bits per heavy atom. The summed E-state index contributed by atoms with van der Waals surface area (Å²) in [6.07, 6.45) is 7.81. The molecule has 2 aromatic rings. The Morgan fingerprint density at radius 3 is 2.59 bits per heavy atom. The molecule has 1 saturated carbocycles. The lowest BCUT2D eigenvalue weighted by Crippen LogP contribution is -2.27. The zero-order valence-corrected chi connectivity index (χ0v) is 17.6. The number of aromatic nitrogens is 2. The molecule has 7 N–H and O–H groups in total. The van der Waals surface area contributed by atoms with Gasteiger partial charge >= 0.3 is 5.97 Å². The molecule has 1 fully saturated rings. The Kier molecular flexibility index (Phi) is 7.63. The molecule has 1 aliphatic carbocycles. The quantitative estimate of drug-likeness (QED) is 0.192. The van der Waals surface area contributed by atoms with Crippen molar-refractivity contribution in [3.63, 3.8) is 0 Å². The van der Waals surface area contributed by atoms with Gasteiger partial charge in [-0.05, 0) is 56.0 Å². The molecule has 1 heterocycles. The van der Waals surface area contributed by atoms with Crippen LogP contribution in [0.5, 0.6) is 0 Å². The van der Waals surface area contributed by atoms with Gasteiger partial charge in [0.15, 0.2) is 0 Å². The van der Waals surface area contributed by atoms with Crippen molar-refractivity contribution in [1.29, 1.82) is 0 Å². The van der Waals surface area contributed by atoms with Crippen LogP contribution < -0.4 is 27.4 Å². The third kappa shape index (κ3) is 6.19. The van der Waals surface area contributed by atoms with E-state index in [4.69, 9.17) is 17.2 Å². The predicted molar refractivity (Wildman–Crippen MR) is 122 cm³/mol. The van der Waals surface area contributed by atoms with E-state index in [1.54, 1.807) is 0 Å². The Balaban J connectivity index is 1.66. The molecule has 0 saturated heterocycles. The fourth-order valence-corrected chi connectivity index (χ4v) is 3.07. The maximum atomic E-state index is 12.1. The fraction of sp³-hybridized carbons (Fsp3) is 0.238. The van der Waals surface area contributed by atoms with Gasteiger partial charge in [-0.3, -0.25) is 10.1 Å². The highest BCUT2D eigenvalue weighted by atomic mass is 16.7. The monoisotopic (exact) mass is 437 g/mol. The first kappa shape index (κ1) is 23.0. The fourth-order valence-electron chi connectivity index (χ4n) is 3.07. The summed E-state index contributed by atoms with van der Waals surface area (Å²) < 4.78 is 0. The number of nitrogen functional groups attached to an aromatic ring is 1. The summed E-state index contributed by atoms with van der Waals surface area (Å²) >= 11 is 0. The summed E-state index contributed by atoms with van der Waals surface area (Å²) in [5.74, 6) is -0.107. The van der Waals surface area contributed by atoms with Crippen LogP contribution in [0.1, 0.15) is 19.8 Å². The van der Waals surface area contributed by atoms with Crippen molar-refractivity contribution in [2.75, 3.05) is 29.0 Å². The zero-order chi connectivity index (χ0) is 23.1. The van der Waals surface area contributed by atoms with Crippen LogP contribution in [0.2, 0.25) is 0 Å². The number of guanidine groups is 1. The molecule has 11 heteroatoms. The van der Waals surface area contributed by atoms with Gasteiger partial charge in [0.1, 0.15) is 5.82 Å². The summed E-state index contributed by atoms with van der Waals surface area (Å²) in [7, 11) is 0. The Bertz CT molecular complexity index is 1000. The molecule has 0 bridgehead atoms. The second-order valence-electron chi connectivity index (χ2n) is 6.97. The number of amides is 1. The minimum Gasteiger partial charge on any atom is -0.383 e. The number of nitrogens with two attached hydrogens (primary N) is 3. The molecule has 0 spiro atoms. The third-order valence-electron chi connectivity index (χ3n) is 4.62. The Labute approximate surface area is 186 Å². The van der Waals surface area contributed by atoms with Crippen LogP contribution in [-0.4, -0.2) is 40.9 Å². The SMILES string of the molecule is CCN(C[C]1[CH][CH][CH][CH]1)c1ccc2nc(NC(=O)CCC(=O)ON=C(N)N)nc(N)c2c1. The van der Waals surface area contributed by atoms with Crippen molar-refractivity contribution in [1.82, 2.24) is 9.97 Å². The number of rotatable bonds is 9. The van der Waals surface area contributed by atoms with Gasteiger partial charge in [-0.2, -0.15) is 4.98 Å². The van der Waals surface area contributed by atoms with E-state index in [1.807, 2.05) is 31.0 Å². The first-order valence-corrected chi connectivity index (χ1v) is 9.97. The van der Waals surface area contributed by atoms with E-state index in [1.165, 1.54) is 5.92 Å². The van der Waals surface area contributed by atoms with E-state index >= 15 is 0 Å². The minimum absolute atomic E-state index is 0.0504. The molecule has 0 atom stereocenters. The van der Waals surface area contributed by atoms with Crippen LogP contribution in [0, 0.1) is 31.6 Å². The summed E-state index contributed by atoms with van der Waals surface area (Å²) in [6, 6.07) is 5.72. The average molecular weight is 437 g/mol. The first-order chi connectivity index (χ1) is 15.4. The van der Waals surface area contributed by atoms with Gasteiger partial charge in [0.2, 0.25) is 17.8 Å². The van der Waals surface area contributed by atoms with Crippen LogP contribution in [0.15, 0.2) is 23.4 Å². The van der Waals surface area contributed by atoms with Crippen molar-refractivity contribution in [2.45, 2.75) is 19.8 Å². The van der Waals surface area contributed by atoms with Crippen LogP contribution in [0.25, 0.3) is 10.9 Å². The average Bonchev–Trinajstić information content (AvgIpc) is 3.28. The van der Waals surface area contributed by atoms with Crippen molar-refractivity contribution >= 4 is 46.2 Å². The summed E-state index contributed by atoms with van der Waals surface area (Å²) in [5.41, 5.74) is 17.8. The van der Waals surface area contributed by atoms with Gasteiger partial charge in [0.05, 0.1) is 11.9 Å².